The first-order chi connectivity index (χ1) is 10.0. The number of primary amides is 1. The molecule has 110 valence electrons. The van der Waals surface area contributed by atoms with Crippen LogP contribution in [0.1, 0.15) is 25.9 Å². The van der Waals surface area contributed by atoms with Crippen molar-refractivity contribution in [2.45, 2.75) is 6.61 Å². The first kappa shape index (κ1) is 15.3. The number of nitrogens with zero attached hydrogens (tertiary/aromatic N) is 1. The van der Waals surface area contributed by atoms with E-state index in [0.29, 0.717) is 15.8 Å². The summed E-state index contributed by atoms with van der Waals surface area (Å²) in [7, 11) is 1.28. The molecule has 0 aliphatic heterocycles. The standard InChI is InChI=1S/C13H11ClN2O4S/c1-19-13(18)9-6-21-11(16-9)5-20-10-3-2-7(14)4-8(10)12(15)17/h2-4,6H,5H2,1H3,(H2,15,17). The molecular weight excluding hydrogens is 316 g/mol. The highest BCUT2D eigenvalue weighted by Crippen LogP contribution is 2.24. The van der Waals surface area contributed by atoms with E-state index in [9.17, 15) is 9.59 Å². The second-order valence-corrected chi connectivity index (χ2v) is 5.29. The molecule has 0 atom stereocenters. The van der Waals surface area contributed by atoms with Gasteiger partial charge in [0.05, 0.1) is 12.7 Å². The van der Waals surface area contributed by atoms with Crippen molar-refractivity contribution < 1.29 is 19.1 Å². The topological polar surface area (TPSA) is 91.5 Å². The molecule has 0 unspecified atom stereocenters. The lowest BCUT2D eigenvalue weighted by Crippen LogP contribution is -2.13. The van der Waals surface area contributed by atoms with E-state index < -0.39 is 11.9 Å². The van der Waals surface area contributed by atoms with Crippen molar-refractivity contribution in [3.8, 4) is 5.75 Å². The molecule has 0 spiro atoms. The fraction of sp³-hybridized carbons (Fsp3) is 0.154. The number of carbonyl (C=O) groups excluding carboxylic acids is 2. The van der Waals surface area contributed by atoms with Gasteiger partial charge in [-0.1, -0.05) is 11.6 Å². The van der Waals surface area contributed by atoms with Crippen molar-refractivity contribution in [3.05, 3.63) is 44.9 Å². The van der Waals surface area contributed by atoms with Crippen LogP contribution in [0, 0.1) is 0 Å². The van der Waals surface area contributed by atoms with Gasteiger partial charge in [-0.25, -0.2) is 9.78 Å². The van der Waals surface area contributed by atoms with Crippen LogP contribution in [0.4, 0.5) is 0 Å². The Morgan fingerprint density at radius 2 is 2.19 bits per heavy atom. The molecule has 1 amide bonds. The molecule has 6 nitrogen and oxygen atoms in total. The van der Waals surface area contributed by atoms with Crippen molar-refractivity contribution in [3.63, 3.8) is 0 Å². The lowest BCUT2D eigenvalue weighted by atomic mass is 10.2. The Hall–Kier alpha value is -2.12. The predicted molar refractivity (Wildman–Crippen MR) is 77.8 cm³/mol. The largest absolute Gasteiger partial charge is 0.486 e. The zero-order valence-electron chi connectivity index (χ0n) is 11.0. The van der Waals surface area contributed by atoms with Crippen LogP contribution in [-0.2, 0) is 11.3 Å². The highest BCUT2D eigenvalue weighted by Gasteiger charge is 2.13. The monoisotopic (exact) mass is 326 g/mol. The third kappa shape index (κ3) is 3.71. The molecule has 2 aromatic rings. The molecule has 1 heterocycles. The third-order valence-corrected chi connectivity index (χ3v) is 3.56. The van der Waals surface area contributed by atoms with Crippen LogP contribution in [0.15, 0.2) is 23.6 Å². The van der Waals surface area contributed by atoms with Gasteiger partial charge in [-0.2, -0.15) is 0 Å². The molecule has 21 heavy (non-hydrogen) atoms. The molecular formula is C13H11ClN2O4S. The number of ether oxygens (including phenoxy) is 2. The summed E-state index contributed by atoms with van der Waals surface area (Å²) in [6.45, 7) is 0.101. The van der Waals surface area contributed by atoms with Crippen LogP contribution in [-0.4, -0.2) is 24.0 Å². The van der Waals surface area contributed by atoms with E-state index in [0.717, 1.165) is 0 Å². The maximum atomic E-state index is 11.3. The van der Waals surface area contributed by atoms with E-state index in [1.807, 2.05) is 0 Å². The molecule has 0 fully saturated rings. The SMILES string of the molecule is COC(=O)c1csc(COc2ccc(Cl)cc2C(N)=O)n1. The number of amides is 1. The zero-order chi connectivity index (χ0) is 15.4. The average molecular weight is 327 g/mol. The summed E-state index contributed by atoms with van der Waals surface area (Å²) in [6.07, 6.45) is 0. The number of hydrogen-bond acceptors (Lipinski definition) is 6. The lowest BCUT2D eigenvalue weighted by molar-refractivity contribution is 0.0594. The maximum absolute atomic E-state index is 11.3. The van der Waals surface area contributed by atoms with Gasteiger partial charge in [0.1, 0.15) is 17.4 Å². The van der Waals surface area contributed by atoms with Gasteiger partial charge in [-0.15, -0.1) is 11.3 Å². The third-order valence-electron chi connectivity index (χ3n) is 2.50. The first-order valence-corrected chi connectivity index (χ1v) is 7.02. The van der Waals surface area contributed by atoms with Crippen molar-refractivity contribution in [1.29, 1.82) is 0 Å². The fourth-order valence-electron chi connectivity index (χ4n) is 1.54. The number of halogens is 1. The number of benzene rings is 1. The summed E-state index contributed by atoms with van der Waals surface area (Å²) in [5, 5.41) is 2.53. The molecule has 0 radical (unpaired) electrons. The number of hydrogen-bond donors (Lipinski definition) is 1. The molecule has 0 bridgehead atoms. The summed E-state index contributed by atoms with van der Waals surface area (Å²) < 4.78 is 10.1. The van der Waals surface area contributed by atoms with Gasteiger partial charge >= 0.3 is 5.97 Å². The summed E-state index contributed by atoms with van der Waals surface area (Å²) in [4.78, 5) is 26.7. The average Bonchev–Trinajstić information content (AvgIpc) is 2.93. The van der Waals surface area contributed by atoms with Gasteiger partial charge in [0.25, 0.3) is 5.91 Å². The van der Waals surface area contributed by atoms with Crippen LogP contribution in [0.2, 0.25) is 5.02 Å². The lowest BCUT2D eigenvalue weighted by Gasteiger charge is -2.08. The van der Waals surface area contributed by atoms with E-state index in [2.05, 4.69) is 9.72 Å². The molecule has 2 N–H and O–H groups in total. The number of nitrogens with two attached hydrogens (primary N) is 1. The molecule has 0 aliphatic carbocycles. The minimum atomic E-state index is -0.637. The molecule has 2 rings (SSSR count). The number of thiazole rings is 1. The van der Waals surface area contributed by atoms with Crippen molar-refractivity contribution in [2.75, 3.05) is 7.11 Å². The normalized spacial score (nSPS) is 10.2. The minimum absolute atomic E-state index is 0.101. The number of aromatic nitrogens is 1. The Morgan fingerprint density at radius 1 is 1.43 bits per heavy atom. The summed E-state index contributed by atoms with van der Waals surface area (Å²) in [5.41, 5.74) is 5.66. The van der Waals surface area contributed by atoms with E-state index in [1.54, 1.807) is 17.5 Å². The number of methoxy groups -OCH3 is 1. The van der Waals surface area contributed by atoms with E-state index in [4.69, 9.17) is 22.1 Å². The molecule has 0 saturated heterocycles. The van der Waals surface area contributed by atoms with E-state index >= 15 is 0 Å². The summed E-state index contributed by atoms with van der Waals surface area (Å²) >= 11 is 7.06. The predicted octanol–water partition coefficient (Wildman–Crippen LogP) is 2.26. The van der Waals surface area contributed by atoms with Gasteiger partial charge < -0.3 is 15.2 Å². The minimum Gasteiger partial charge on any atom is -0.486 e. The molecule has 8 heteroatoms. The van der Waals surface area contributed by atoms with Gasteiger partial charge in [0.2, 0.25) is 0 Å². The molecule has 0 saturated carbocycles. The number of esters is 1. The quantitative estimate of drug-likeness (QED) is 0.851. The van der Waals surface area contributed by atoms with E-state index in [-0.39, 0.29) is 17.9 Å². The molecule has 1 aromatic carbocycles. The first-order valence-electron chi connectivity index (χ1n) is 5.76. The Balaban J connectivity index is 2.11. The highest BCUT2D eigenvalue weighted by molar-refractivity contribution is 7.09. The van der Waals surface area contributed by atoms with Crippen LogP contribution >= 0.6 is 22.9 Å². The second-order valence-electron chi connectivity index (χ2n) is 3.91. The van der Waals surface area contributed by atoms with Crippen molar-refractivity contribution in [2.24, 2.45) is 5.73 Å². The number of rotatable bonds is 5. The smallest absolute Gasteiger partial charge is 0.357 e. The maximum Gasteiger partial charge on any atom is 0.357 e. The van der Waals surface area contributed by atoms with Gasteiger partial charge in [-0.05, 0) is 18.2 Å². The highest BCUT2D eigenvalue weighted by atomic mass is 35.5. The molecule has 0 aliphatic rings. The van der Waals surface area contributed by atoms with Crippen molar-refractivity contribution in [1.82, 2.24) is 4.98 Å². The Morgan fingerprint density at radius 3 is 2.86 bits per heavy atom. The Kier molecular flexibility index (Phi) is 4.77. The van der Waals surface area contributed by atoms with Crippen molar-refractivity contribution >= 4 is 34.8 Å². The van der Waals surface area contributed by atoms with Crippen LogP contribution in [0.3, 0.4) is 0 Å². The number of carbonyl (C=O) groups is 2. The van der Waals surface area contributed by atoms with Gasteiger partial charge in [0.15, 0.2) is 5.69 Å². The van der Waals surface area contributed by atoms with Crippen LogP contribution in [0.25, 0.3) is 0 Å². The summed E-state index contributed by atoms with van der Waals surface area (Å²) in [6, 6.07) is 4.57. The Labute approximate surface area is 129 Å². The fourth-order valence-corrected chi connectivity index (χ4v) is 2.38. The van der Waals surface area contributed by atoms with Crippen LogP contribution < -0.4 is 10.5 Å². The van der Waals surface area contributed by atoms with Gasteiger partial charge in [-0.3, -0.25) is 4.79 Å². The summed E-state index contributed by atoms with van der Waals surface area (Å²) in [5.74, 6) is -0.842. The second kappa shape index (κ2) is 6.55. The van der Waals surface area contributed by atoms with Crippen LogP contribution in [0.5, 0.6) is 5.75 Å². The Bertz CT molecular complexity index is 687. The van der Waals surface area contributed by atoms with Gasteiger partial charge in [0, 0.05) is 10.4 Å². The van der Waals surface area contributed by atoms with E-state index in [1.165, 1.54) is 24.5 Å². The molecule has 1 aromatic heterocycles. The zero-order valence-corrected chi connectivity index (χ0v) is 12.5.